The Morgan fingerprint density at radius 1 is 1.31 bits per heavy atom. The summed E-state index contributed by atoms with van der Waals surface area (Å²) < 4.78 is 13.3. The van der Waals surface area contributed by atoms with Crippen molar-refractivity contribution in [3.8, 4) is 0 Å². The van der Waals surface area contributed by atoms with E-state index in [1.54, 1.807) is 12.1 Å². The van der Waals surface area contributed by atoms with Crippen LogP contribution in [0.5, 0.6) is 0 Å². The molecule has 2 aliphatic rings. The predicted octanol–water partition coefficient (Wildman–Crippen LogP) is 2.52. The van der Waals surface area contributed by atoms with Gasteiger partial charge in [0.05, 0.1) is 0 Å². The van der Waals surface area contributed by atoms with Gasteiger partial charge in [0.15, 0.2) is 0 Å². The quantitative estimate of drug-likeness (QED) is 0.704. The molecule has 7 heteroatoms. The van der Waals surface area contributed by atoms with Crippen LogP contribution in [0.4, 0.5) is 4.39 Å². The van der Waals surface area contributed by atoms with Crippen molar-refractivity contribution in [2.75, 3.05) is 13.6 Å². The fourth-order valence-electron chi connectivity index (χ4n) is 3.99. The molecule has 4 N–H and O–H groups in total. The van der Waals surface area contributed by atoms with E-state index in [1.807, 2.05) is 18.0 Å². The minimum atomic E-state index is -0.200. The SMILES string of the molecule is CN(CCCC1CC(c2cccc(F)c2)NN1)C(=O)C1CCC(N)C1.Cl. The smallest absolute Gasteiger partial charge is 0.225 e. The average Bonchev–Trinajstić information content (AvgIpc) is 3.23. The van der Waals surface area contributed by atoms with Crippen LogP contribution in [-0.4, -0.2) is 36.5 Å². The lowest BCUT2D eigenvalue weighted by Gasteiger charge is -2.21. The minimum Gasteiger partial charge on any atom is -0.346 e. The summed E-state index contributed by atoms with van der Waals surface area (Å²) in [5.41, 5.74) is 13.4. The molecule has 0 spiro atoms. The molecule has 1 aliphatic heterocycles. The number of nitrogens with zero attached hydrogens (tertiary/aromatic N) is 1. The Kier molecular flexibility index (Phi) is 7.83. The van der Waals surface area contributed by atoms with Gasteiger partial charge in [-0.3, -0.25) is 15.6 Å². The highest BCUT2D eigenvalue weighted by molar-refractivity contribution is 5.85. The summed E-state index contributed by atoms with van der Waals surface area (Å²) in [6.07, 6.45) is 5.58. The molecular formula is C19H30ClFN4O. The van der Waals surface area contributed by atoms with Gasteiger partial charge in [0.25, 0.3) is 0 Å². The number of rotatable bonds is 6. The van der Waals surface area contributed by atoms with Crippen molar-refractivity contribution in [2.24, 2.45) is 11.7 Å². The third kappa shape index (κ3) is 5.39. The maximum Gasteiger partial charge on any atom is 0.225 e. The molecule has 5 nitrogen and oxygen atoms in total. The predicted molar refractivity (Wildman–Crippen MR) is 103 cm³/mol. The maximum absolute atomic E-state index is 13.3. The molecular weight excluding hydrogens is 355 g/mol. The molecule has 1 aromatic carbocycles. The van der Waals surface area contributed by atoms with E-state index in [0.717, 1.165) is 50.6 Å². The summed E-state index contributed by atoms with van der Waals surface area (Å²) in [5.74, 6) is 0.154. The Labute approximate surface area is 161 Å². The Balaban J connectivity index is 0.00000243. The van der Waals surface area contributed by atoms with Gasteiger partial charge in [-0.25, -0.2) is 4.39 Å². The lowest BCUT2D eigenvalue weighted by atomic mass is 9.99. The van der Waals surface area contributed by atoms with Gasteiger partial charge in [-0.1, -0.05) is 12.1 Å². The number of halogens is 2. The highest BCUT2D eigenvalue weighted by atomic mass is 35.5. The number of hydrogen-bond acceptors (Lipinski definition) is 4. The molecule has 1 heterocycles. The van der Waals surface area contributed by atoms with Crippen molar-refractivity contribution in [1.29, 1.82) is 0 Å². The molecule has 2 fully saturated rings. The van der Waals surface area contributed by atoms with Crippen molar-refractivity contribution < 1.29 is 9.18 Å². The molecule has 4 unspecified atom stereocenters. The first-order valence-electron chi connectivity index (χ1n) is 9.30. The molecule has 0 radical (unpaired) electrons. The normalized spacial score (nSPS) is 28.0. The van der Waals surface area contributed by atoms with Crippen molar-refractivity contribution in [3.05, 3.63) is 35.6 Å². The Morgan fingerprint density at radius 2 is 2.12 bits per heavy atom. The van der Waals surface area contributed by atoms with Crippen molar-refractivity contribution >= 4 is 18.3 Å². The zero-order valence-electron chi connectivity index (χ0n) is 15.3. The van der Waals surface area contributed by atoms with E-state index in [2.05, 4.69) is 10.9 Å². The van der Waals surface area contributed by atoms with Crippen LogP contribution >= 0.6 is 12.4 Å². The largest absolute Gasteiger partial charge is 0.346 e. The van der Waals surface area contributed by atoms with Gasteiger partial charge in [0.1, 0.15) is 5.82 Å². The van der Waals surface area contributed by atoms with Crippen molar-refractivity contribution in [1.82, 2.24) is 15.8 Å². The number of hydrazine groups is 1. The average molecular weight is 385 g/mol. The number of carbonyl (C=O) groups is 1. The minimum absolute atomic E-state index is 0. The van der Waals surface area contributed by atoms with E-state index in [0.29, 0.717) is 6.04 Å². The van der Waals surface area contributed by atoms with Crippen LogP contribution in [0.1, 0.15) is 50.1 Å². The Morgan fingerprint density at radius 3 is 2.81 bits per heavy atom. The standard InChI is InChI=1S/C19H29FN4O.ClH/c1-24(19(25)14-7-8-16(21)11-14)9-3-6-17-12-18(23-22-17)13-4-2-5-15(20)10-13;/h2,4-5,10,14,16-18,22-23H,3,6-9,11-12,21H2,1H3;1H. The molecule has 146 valence electrons. The van der Waals surface area contributed by atoms with Crippen LogP contribution in [0, 0.1) is 11.7 Å². The molecule has 1 amide bonds. The van der Waals surface area contributed by atoms with E-state index in [9.17, 15) is 9.18 Å². The number of hydrogen-bond donors (Lipinski definition) is 3. The van der Waals surface area contributed by atoms with Crippen molar-refractivity contribution in [3.63, 3.8) is 0 Å². The van der Waals surface area contributed by atoms with Crippen LogP contribution in [-0.2, 0) is 4.79 Å². The zero-order chi connectivity index (χ0) is 17.8. The van der Waals surface area contributed by atoms with E-state index >= 15 is 0 Å². The van der Waals surface area contributed by atoms with Crippen molar-refractivity contribution in [2.45, 2.75) is 56.7 Å². The summed E-state index contributed by atoms with van der Waals surface area (Å²) in [6, 6.07) is 7.42. The number of carbonyl (C=O) groups excluding carboxylic acids is 1. The van der Waals surface area contributed by atoms with Gasteiger partial charge in [0, 0.05) is 37.6 Å². The molecule has 1 aliphatic carbocycles. The number of nitrogens with one attached hydrogen (secondary N) is 2. The maximum atomic E-state index is 13.3. The summed E-state index contributed by atoms with van der Waals surface area (Å²) >= 11 is 0. The molecule has 0 bridgehead atoms. The van der Waals surface area contributed by atoms with E-state index in [-0.39, 0.29) is 42.1 Å². The van der Waals surface area contributed by atoms with Gasteiger partial charge in [-0.15, -0.1) is 12.4 Å². The Bertz CT molecular complexity index is 603. The first kappa shape index (κ1) is 21.1. The first-order chi connectivity index (χ1) is 12.0. The summed E-state index contributed by atoms with van der Waals surface area (Å²) in [4.78, 5) is 14.3. The second-order valence-corrected chi connectivity index (χ2v) is 7.50. The third-order valence-electron chi connectivity index (χ3n) is 5.48. The van der Waals surface area contributed by atoms with Crippen LogP contribution in [0.25, 0.3) is 0 Å². The van der Waals surface area contributed by atoms with Gasteiger partial charge in [-0.05, 0) is 56.2 Å². The van der Waals surface area contributed by atoms with Gasteiger partial charge >= 0.3 is 0 Å². The summed E-state index contributed by atoms with van der Waals surface area (Å²) in [6.45, 7) is 0.771. The zero-order valence-corrected chi connectivity index (χ0v) is 16.1. The molecule has 3 rings (SSSR count). The summed E-state index contributed by atoms with van der Waals surface area (Å²) in [7, 11) is 1.89. The molecule has 26 heavy (non-hydrogen) atoms. The molecule has 1 saturated heterocycles. The topological polar surface area (TPSA) is 70.4 Å². The van der Waals surface area contributed by atoms with E-state index < -0.39 is 0 Å². The van der Waals surface area contributed by atoms with Gasteiger partial charge < -0.3 is 10.6 Å². The molecule has 0 aromatic heterocycles. The number of nitrogens with two attached hydrogens (primary N) is 1. The second-order valence-electron chi connectivity index (χ2n) is 7.50. The summed E-state index contributed by atoms with van der Waals surface area (Å²) in [5, 5.41) is 0. The number of benzene rings is 1. The second kappa shape index (κ2) is 9.65. The van der Waals surface area contributed by atoms with E-state index in [4.69, 9.17) is 5.73 Å². The van der Waals surface area contributed by atoms with Gasteiger partial charge in [0.2, 0.25) is 5.91 Å². The van der Waals surface area contributed by atoms with Gasteiger partial charge in [-0.2, -0.15) is 0 Å². The fourth-order valence-corrected chi connectivity index (χ4v) is 3.99. The molecule has 1 saturated carbocycles. The number of amides is 1. The Hall–Kier alpha value is -1.21. The van der Waals surface area contributed by atoms with E-state index in [1.165, 1.54) is 6.07 Å². The molecule has 1 aromatic rings. The lowest BCUT2D eigenvalue weighted by Crippen LogP contribution is -2.35. The first-order valence-corrected chi connectivity index (χ1v) is 9.30. The third-order valence-corrected chi connectivity index (χ3v) is 5.48. The highest BCUT2D eigenvalue weighted by Crippen LogP contribution is 2.27. The fraction of sp³-hybridized carbons (Fsp3) is 0.632. The lowest BCUT2D eigenvalue weighted by molar-refractivity contribution is -0.134. The van der Waals surface area contributed by atoms with Crippen LogP contribution in [0.15, 0.2) is 24.3 Å². The molecule has 4 atom stereocenters. The highest BCUT2D eigenvalue weighted by Gasteiger charge is 2.30. The van der Waals surface area contributed by atoms with Crippen LogP contribution < -0.4 is 16.6 Å². The monoisotopic (exact) mass is 384 g/mol. The van der Waals surface area contributed by atoms with Crippen LogP contribution in [0.3, 0.4) is 0 Å². The van der Waals surface area contributed by atoms with Crippen LogP contribution in [0.2, 0.25) is 0 Å².